The summed E-state index contributed by atoms with van der Waals surface area (Å²) in [6.07, 6.45) is 3.46. The highest BCUT2D eigenvalue weighted by atomic mass is 35.5. The number of ether oxygens (including phenoxy) is 1. The van der Waals surface area contributed by atoms with Crippen molar-refractivity contribution < 1.29 is 14.3 Å². The number of amides is 2. The predicted octanol–water partition coefficient (Wildman–Crippen LogP) is 3.28. The standard InChI is InChI=1S/C18H22Cl2N2O3/c1-11(16-5-3-9-25-16)21-17(23)15-4-2-8-22(15)18(24)13-10-12(19)6-7-14(13)20/h6-7,10-11,15-16H,2-5,8-9H2,1H3,(H,21,23)/t11-,15-,16+/m0/s1. The lowest BCUT2D eigenvalue weighted by molar-refractivity contribution is -0.126. The van der Waals surface area contributed by atoms with Gasteiger partial charge in [-0.1, -0.05) is 23.2 Å². The molecule has 0 spiro atoms. The first-order chi connectivity index (χ1) is 12.0. The van der Waals surface area contributed by atoms with Gasteiger partial charge >= 0.3 is 0 Å². The predicted molar refractivity (Wildman–Crippen MR) is 97.1 cm³/mol. The van der Waals surface area contributed by atoms with Gasteiger partial charge in [0.25, 0.3) is 5.91 Å². The second-order valence-corrected chi connectivity index (χ2v) is 7.47. The van der Waals surface area contributed by atoms with Crippen molar-refractivity contribution in [3.63, 3.8) is 0 Å². The van der Waals surface area contributed by atoms with E-state index in [4.69, 9.17) is 27.9 Å². The molecule has 1 aromatic rings. The molecule has 5 nitrogen and oxygen atoms in total. The van der Waals surface area contributed by atoms with Gasteiger partial charge in [0.15, 0.2) is 0 Å². The van der Waals surface area contributed by atoms with Crippen LogP contribution in [0.3, 0.4) is 0 Å². The summed E-state index contributed by atoms with van der Waals surface area (Å²) in [4.78, 5) is 27.1. The summed E-state index contributed by atoms with van der Waals surface area (Å²) in [6, 6.07) is 4.24. The fourth-order valence-corrected chi connectivity index (χ4v) is 3.88. The van der Waals surface area contributed by atoms with E-state index in [2.05, 4.69) is 5.32 Å². The quantitative estimate of drug-likeness (QED) is 0.866. The number of nitrogens with one attached hydrogen (secondary N) is 1. The van der Waals surface area contributed by atoms with E-state index in [-0.39, 0.29) is 24.0 Å². The normalized spacial score (nSPS) is 24.4. The summed E-state index contributed by atoms with van der Waals surface area (Å²) in [5.74, 6) is -0.387. The Hall–Kier alpha value is -1.30. The first kappa shape index (κ1) is 18.5. The molecule has 3 atom stereocenters. The van der Waals surface area contributed by atoms with Gasteiger partial charge in [-0.25, -0.2) is 0 Å². The number of hydrogen-bond acceptors (Lipinski definition) is 3. The fraction of sp³-hybridized carbons (Fsp3) is 0.556. The third-order valence-corrected chi connectivity index (χ3v) is 5.43. The van der Waals surface area contributed by atoms with Crippen molar-refractivity contribution in [3.05, 3.63) is 33.8 Å². The van der Waals surface area contributed by atoms with Gasteiger partial charge in [0.1, 0.15) is 6.04 Å². The molecule has 2 aliphatic heterocycles. The monoisotopic (exact) mass is 384 g/mol. The zero-order valence-electron chi connectivity index (χ0n) is 14.1. The number of halogens is 2. The minimum Gasteiger partial charge on any atom is -0.376 e. The summed E-state index contributed by atoms with van der Waals surface area (Å²) in [5, 5.41) is 3.79. The molecule has 0 aromatic heterocycles. The molecule has 7 heteroatoms. The van der Waals surface area contributed by atoms with Gasteiger partial charge in [-0.15, -0.1) is 0 Å². The Morgan fingerprint density at radius 3 is 2.80 bits per heavy atom. The highest BCUT2D eigenvalue weighted by Crippen LogP contribution is 2.26. The van der Waals surface area contributed by atoms with E-state index in [1.807, 2.05) is 6.92 Å². The van der Waals surface area contributed by atoms with Crippen LogP contribution >= 0.6 is 23.2 Å². The van der Waals surface area contributed by atoms with E-state index < -0.39 is 6.04 Å². The summed E-state index contributed by atoms with van der Waals surface area (Å²) < 4.78 is 5.62. The number of benzene rings is 1. The number of carbonyl (C=O) groups excluding carboxylic acids is 2. The van der Waals surface area contributed by atoms with Gasteiger partial charge in [0.05, 0.1) is 22.7 Å². The highest BCUT2D eigenvalue weighted by Gasteiger charge is 2.36. The summed E-state index contributed by atoms with van der Waals surface area (Å²) in [5.41, 5.74) is 0.334. The van der Waals surface area contributed by atoms with Crippen molar-refractivity contribution in [1.29, 1.82) is 0 Å². The molecule has 1 N–H and O–H groups in total. The Labute approximate surface area is 157 Å². The van der Waals surface area contributed by atoms with Crippen molar-refractivity contribution in [2.75, 3.05) is 13.2 Å². The Morgan fingerprint density at radius 2 is 2.08 bits per heavy atom. The molecule has 25 heavy (non-hydrogen) atoms. The molecule has 0 bridgehead atoms. The highest BCUT2D eigenvalue weighted by molar-refractivity contribution is 6.35. The average molecular weight is 385 g/mol. The molecule has 0 aliphatic carbocycles. The molecule has 2 aliphatic rings. The molecule has 2 amide bonds. The summed E-state index contributed by atoms with van der Waals surface area (Å²) in [6.45, 7) is 3.23. The van der Waals surface area contributed by atoms with Crippen molar-refractivity contribution in [1.82, 2.24) is 10.2 Å². The Bertz CT molecular complexity index is 662. The van der Waals surface area contributed by atoms with Crippen molar-refractivity contribution in [3.8, 4) is 0 Å². The van der Waals surface area contributed by atoms with Crippen LogP contribution in [-0.4, -0.2) is 48.1 Å². The van der Waals surface area contributed by atoms with E-state index in [9.17, 15) is 9.59 Å². The fourth-order valence-electron chi connectivity index (χ4n) is 3.51. The molecule has 2 saturated heterocycles. The number of hydrogen-bond donors (Lipinski definition) is 1. The zero-order chi connectivity index (χ0) is 18.0. The maximum Gasteiger partial charge on any atom is 0.256 e. The maximum atomic E-state index is 12.9. The SMILES string of the molecule is C[C@H](NC(=O)[C@@H]1CCCN1C(=O)c1cc(Cl)ccc1Cl)[C@H]1CCCO1. The largest absolute Gasteiger partial charge is 0.376 e. The third-order valence-electron chi connectivity index (χ3n) is 4.87. The van der Waals surface area contributed by atoms with Crippen LogP contribution in [0.4, 0.5) is 0 Å². The van der Waals surface area contributed by atoms with Crippen LogP contribution in [0, 0.1) is 0 Å². The number of likely N-dealkylation sites (tertiary alicyclic amines) is 1. The van der Waals surface area contributed by atoms with Crippen LogP contribution in [-0.2, 0) is 9.53 Å². The molecule has 136 valence electrons. The first-order valence-electron chi connectivity index (χ1n) is 8.65. The molecule has 2 heterocycles. The Morgan fingerprint density at radius 1 is 1.28 bits per heavy atom. The first-order valence-corrected chi connectivity index (χ1v) is 9.41. The van der Waals surface area contributed by atoms with Crippen LogP contribution in [0.15, 0.2) is 18.2 Å². The zero-order valence-corrected chi connectivity index (χ0v) is 15.6. The van der Waals surface area contributed by atoms with Crippen LogP contribution in [0.5, 0.6) is 0 Å². The van der Waals surface area contributed by atoms with Crippen molar-refractivity contribution in [2.45, 2.75) is 50.8 Å². The van der Waals surface area contributed by atoms with Gasteiger partial charge in [-0.05, 0) is 50.8 Å². The van der Waals surface area contributed by atoms with Gasteiger partial charge in [-0.2, -0.15) is 0 Å². The van der Waals surface area contributed by atoms with E-state index in [0.29, 0.717) is 28.6 Å². The Balaban J connectivity index is 1.70. The van der Waals surface area contributed by atoms with E-state index in [0.717, 1.165) is 25.9 Å². The number of rotatable bonds is 4. The van der Waals surface area contributed by atoms with Gasteiger partial charge in [-0.3, -0.25) is 9.59 Å². The van der Waals surface area contributed by atoms with Crippen LogP contribution in [0.2, 0.25) is 10.0 Å². The van der Waals surface area contributed by atoms with Gasteiger partial charge < -0.3 is 15.0 Å². The van der Waals surface area contributed by atoms with Gasteiger partial charge in [0.2, 0.25) is 5.91 Å². The van der Waals surface area contributed by atoms with Gasteiger partial charge in [0, 0.05) is 18.2 Å². The Kier molecular flexibility index (Phi) is 5.87. The van der Waals surface area contributed by atoms with Crippen LogP contribution < -0.4 is 5.32 Å². The molecule has 2 fully saturated rings. The number of nitrogens with zero attached hydrogens (tertiary/aromatic N) is 1. The lowest BCUT2D eigenvalue weighted by Crippen LogP contribution is -2.50. The summed E-state index contributed by atoms with van der Waals surface area (Å²) in [7, 11) is 0. The lowest BCUT2D eigenvalue weighted by atomic mass is 10.1. The third kappa shape index (κ3) is 4.10. The smallest absolute Gasteiger partial charge is 0.256 e. The molecule has 1 aromatic carbocycles. The second kappa shape index (κ2) is 7.94. The molecular weight excluding hydrogens is 363 g/mol. The minimum absolute atomic E-state index is 0.0527. The maximum absolute atomic E-state index is 12.9. The van der Waals surface area contributed by atoms with E-state index in [1.54, 1.807) is 23.1 Å². The second-order valence-electron chi connectivity index (χ2n) is 6.63. The molecule has 0 saturated carbocycles. The van der Waals surface area contributed by atoms with Crippen LogP contribution in [0.1, 0.15) is 43.0 Å². The molecular formula is C18H22Cl2N2O3. The van der Waals surface area contributed by atoms with E-state index in [1.165, 1.54) is 0 Å². The van der Waals surface area contributed by atoms with Crippen molar-refractivity contribution >= 4 is 35.0 Å². The number of carbonyl (C=O) groups is 2. The van der Waals surface area contributed by atoms with Crippen LogP contribution in [0.25, 0.3) is 0 Å². The molecule has 3 rings (SSSR count). The van der Waals surface area contributed by atoms with E-state index >= 15 is 0 Å². The molecule has 0 radical (unpaired) electrons. The molecule has 0 unspecified atom stereocenters. The summed E-state index contributed by atoms with van der Waals surface area (Å²) >= 11 is 12.1. The lowest BCUT2D eigenvalue weighted by Gasteiger charge is -2.27. The topological polar surface area (TPSA) is 58.6 Å². The minimum atomic E-state index is -0.480. The van der Waals surface area contributed by atoms with Crippen molar-refractivity contribution in [2.24, 2.45) is 0 Å². The average Bonchev–Trinajstić information content (AvgIpc) is 3.27.